The van der Waals surface area contributed by atoms with E-state index in [-0.39, 0.29) is 30.9 Å². The fourth-order valence-corrected chi connectivity index (χ4v) is 3.90. The van der Waals surface area contributed by atoms with Crippen molar-refractivity contribution in [2.75, 3.05) is 32.7 Å². The molecule has 0 radical (unpaired) electrons. The monoisotopic (exact) mass is 604 g/mol. The normalized spacial score (nSPS) is 12.1. The summed E-state index contributed by atoms with van der Waals surface area (Å²) in [7, 11) is 0. The number of nitrogens with one attached hydrogen (secondary N) is 2. The van der Waals surface area contributed by atoms with Crippen molar-refractivity contribution in [3.8, 4) is 11.5 Å². The lowest BCUT2D eigenvalue weighted by Gasteiger charge is -2.25. The van der Waals surface area contributed by atoms with Gasteiger partial charge in [-0.15, -0.1) is 0 Å². The van der Waals surface area contributed by atoms with Crippen LogP contribution >= 0.6 is 0 Å². The van der Waals surface area contributed by atoms with Crippen LogP contribution in [0.5, 0.6) is 11.5 Å². The summed E-state index contributed by atoms with van der Waals surface area (Å²) in [5, 5.41) is 61.0. The number of amides is 3. The lowest BCUT2D eigenvalue weighted by molar-refractivity contribution is -0.143. The highest BCUT2D eigenvalue weighted by molar-refractivity contribution is 5.87. The van der Waals surface area contributed by atoms with Crippen molar-refractivity contribution in [3.63, 3.8) is 0 Å². The van der Waals surface area contributed by atoms with Gasteiger partial charge in [0, 0.05) is 25.9 Å². The third-order valence-corrected chi connectivity index (χ3v) is 6.04. The van der Waals surface area contributed by atoms with E-state index in [1.807, 2.05) is 0 Å². The molecule has 0 saturated heterocycles. The van der Waals surface area contributed by atoms with Crippen LogP contribution in [0.4, 0.5) is 4.79 Å². The minimum Gasteiger partial charge on any atom is -0.508 e. The molecule has 43 heavy (non-hydrogen) atoms. The van der Waals surface area contributed by atoms with Crippen molar-refractivity contribution in [1.29, 1.82) is 0 Å². The molecule has 0 saturated carbocycles. The number of aromatic hydroxyl groups is 2. The number of phenols is 2. The number of carbonyl (C=O) groups is 6. The number of hydrogen-bond acceptors (Lipinski definition) is 9. The zero-order valence-corrected chi connectivity index (χ0v) is 22.8. The van der Waals surface area contributed by atoms with Gasteiger partial charge >= 0.3 is 24.0 Å². The van der Waals surface area contributed by atoms with Gasteiger partial charge in [0.05, 0.1) is 13.1 Å². The third kappa shape index (κ3) is 12.3. The van der Waals surface area contributed by atoms with Crippen LogP contribution in [-0.4, -0.2) is 121 Å². The Kier molecular flexibility index (Phi) is 12.7. The molecule has 0 aromatic heterocycles. The van der Waals surface area contributed by atoms with E-state index in [1.54, 1.807) is 0 Å². The average Bonchev–Trinajstić information content (AvgIpc) is 2.91. The molecule has 0 aliphatic carbocycles. The maximum Gasteiger partial charge on any atom is 0.407 e. The molecule has 0 aliphatic heterocycles. The quantitative estimate of drug-likeness (QED) is 0.112. The number of hydrogen-bond donors (Lipinski definition) is 8. The van der Waals surface area contributed by atoms with Gasteiger partial charge in [0.1, 0.15) is 30.1 Å². The van der Waals surface area contributed by atoms with Gasteiger partial charge in [0.15, 0.2) is 0 Å². The lowest BCUT2D eigenvalue weighted by atomic mass is 10.1. The van der Waals surface area contributed by atoms with Crippen molar-refractivity contribution in [3.05, 3.63) is 59.7 Å². The second-order valence-electron chi connectivity index (χ2n) is 9.47. The molecular weight excluding hydrogens is 572 g/mol. The van der Waals surface area contributed by atoms with E-state index in [1.165, 1.54) is 48.5 Å². The predicted octanol–water partition coefficient (Wildman–Crippen LogP) is -0.612. The summed E-state index contributed by atoms with van der Waals surface area (Å²) in [6.07, 6.45) is -1.85. The summed E-state index contributed by atoms with van der Waals surface area (Å²) in [5.41, 5.74) is 0.979. The van der Waals surface area contributed by atoms with Gasteiger partial charge in [-0.25, -0.2) is 14.4 Å². The van der Waals surface area contributed by atoms with Gasteiger partial charge in [-0.05, 0) is 35.4 Å². The first-order valence-electron chi connectivity index (χ1n) is 12.8. The van der Waals surface area contributed by atoms with Gasteiger partial charge in [-0.2, -0.15) is 0 Å². The van der Waals surface area contributed by atoms with Crippen molar-refractivity contribution in [2.45, 2.75) is 24.9 Å². The number of carboxylic acids is 3. The lowest BCUT2D eigenvalue weighted by Crippen LogP contribution is -2.50. The first-order chi connectivity index (χ1) is 20.2. The highest BCUT2D eigenvalue weighted by Gasteiger charge is 2.26. The number of aliphatic carboxylic acids is 3. The van der Waals surface area contributed by atoms with Crippen molar-refractivity contribution in [1.82, 2.24) is 20.4 Å². The largest absolute Gasteiger partial charge is 0.508 e. The standard InChI is InChI=1S/C27H32N4O12/c32-18-5-1-16(2-6-18)11-20(25(38)39)28-22(34)13-30(15-24(36)37)9-10-31(27(42)43)14-23(35)29-21(26(40)41)12-17-3-7-19(33)8-4-17/h1-8,20-21,32-33H,9-15H2,(H,28,34)(H,29,35)(H,36,37)(H,38,39)(H,40,41)(H,42,43). The molecule has 2 aromatic carbocycles. The van der Waals surface area contributed by atoms with Gasteiger partial charge < -0.3 is 41.3 Å². The van der Waals surface area contributed by atoms with E-state index in [4.69, 9.17) is 0 Å². The van der Waals surface area contributed by atoms with Gasteiger partial charge in [-0.1, -0.05) is 24.3 Å². The Morgan fingerprint density at radius 3 is 1.40 bits per heavy atom. The fourth-order valence-electron chi connectivity index (χ4n) is 3.90. The summed E-state index contributed by atoms with van der Waals surface area (Å²) >= 11 is 0. The minimum absolute atomic E-state index is 0.0346. The van der Waals surface area contributed by atoms with Crippen LogP contribution in [-0.2, 0) is 36.8 Å². The molecule has 232 valence electrons. The molecule has 2 aromatic rings. The van der Waals surface area contributed by atoms with Crippen molar-refractivity contribution < 1.29 is 59.4 Å². The second kappa shape index (κ2) is 16.2. The van der Waals surface area contributed by atoms with Crippen molar-refractivity contribution >= 4 is 35.8 Å². The molecule has 16 heteroatoms. The Morgan fingerprint density at radius 1 is 0.605 bits per heavy atom. The molecule has 0 aliphatic rings. The molecule has 2 atom stereocenters. The third-order valence-electron chi connectivity index (χ3n) is 6.04. The number of rotatable bonds is 17. The number of benzene rings is 2. The fraction of sp³-hybridized carbons (Fsp3) is 0.333. The Bertz CT molecular complexity index is 1300. The summed E-state index contributed by atoms with van der Waals surface area (Å²) in [6.45, 7) is -2.91. The van der Waals surface area contributed by atoms with Gasteiger partial charge in [0.25, 0.3) is 0 Å². The van der Waals surface area contributed by atoms with E-state index in [0.717, 1.165) is 4.90 Å². The van der Waals surface area contributed by atoms with Crippen LogP contribution in [0.3, 0.4) is 0 Å². The Balaban J connectivity index is 1.99. The van der Waals surface area contributed by atoms with Crippen LogP contribution in [0.2, 0.25) is 0 Å². The highest BCUT2D eigenvalue weighted by Crippen LogP contribution is 2.13. The number of nitrogens with zero attached hydrogens (tertiary/aromatic N) is 2. The molecular formula is C27H32N4O12. The van der Waals surface area contributed by atoms with E-state index < -0.39 is 74.1 Å². The van der Waals surface area contributed by atoms with E-state index >= 15 is 0 Å². The maximum atomic E-state index is 12.6. The number of phenolic OH excluding ortho intramolecular Hbond substituents is 2. The second-order valence-corrected chi connectivity index (χ2v) is 9.47. The number of carbonyl (C=O) groups excluding carboxylic acids is 2. The Hall–Kier alpha value is -5.38. The topological polar surface area (TPSA) is 254 Å². The average molecular weight is 605 g/mol. The Morgan fingerprint density at radius 2 is 1.02 bits per heavy atom. The van der Waals surface area contributed by atoms with Gasteiger partial charge in [0.2, 0.25) is 11.8 Å². The van der Waals surface area contributed by atoms with Crippen LogP contribution in [0.25, 0.3) is 0 Å². The summed E-state index contributed by atoms with van der Waals surface area (Å²) in [4.78, 5) is 73.2. The zero-order chi connectivity index (χ0) is 32.1. The molecule has 8 N–H and O–H groups in total. The van der Waals surface area contributed by atoms with Crippen LogP contribution in [0.1, 0.15) is 11.1 Å². The minimum atomic E-state index is -1.57. The van der Waals surface area contributed by atoms with E-state index in [9.17, 15) is 59.4 Å². The molecule has 0 spiro atoms. The zero-order valence-electron chi connectivity index (χ0n) is 22.8. The first kappa shape index (κ1) is 33.8. The number of carboxylic acid groups (broad SMARTS) is 4. The predicted molar refractivity (Wildman–Crippen MR) is 146 cm³/mol. The van der Waals surface area contributed by atoms with E-state index in [2.05, 4.69) is 10.6 Å². The van der Waals surface area contributed by atoms with Crippen molar-refractivity contribution in [2.24, 2.45) is 0 Å². The summed E-state index contributed by atoms with van der Waals surface area (Å²) in [6, 6.07) is 8.42. The molecule has 0 fully saturated rings. The smallest absolute Gasteiger partial charge is 0.407 e. The molecule has 0 heterocycles. The SMILES string of the molecule is O=C(O)CN(CCN(CC(=O)NC(Cc1ccc(O)cc1)C(=O)O)C(=O)O)CC(=O)NC(Cc1ccc(O)cc1)C(=O)O. The molecule has 2 unspecified atom stereocenters. The molecule has 0 bridgehead atoms. The molecule has 2 rings (SSSR count). The van der Waals surface area contributed by atoms with Crippen LogP contribution in [0, 0.1) is 0 Å². The van der Waals surface area contributed by atoms with Gasteiger partial charge in [-0.3, -0.25) is 24.2 Å². The highest BCUT2D eigenvalue weighted by atomic mass is 16.4. The molecule has 3 amide bonds. The maximum absolute atomic E-state index is 12.6. The van der Waals surface area contributed by atoms with Crippen LogP contribution in [0.15, 0.2) is 48.5 Å². The van der Waals surface area contributed by atoms with E-state index in [0.29, 0.717) is 16.0 Å². The van der Waals surface area contributed by atoms with Crippen LogP contribution < -0.4 is 10.6 Å². The Labute approximate surface area is 244 Å². The molecule has 16 nitrogen and oxygen atoms in total. The summed E-state index contributed by atoms with van der Waals surface area (Å²) in [5.74, 6) is -5.98. The summed E-state index contributed by atoms with van der Waals surface area (Å²) < 4.78 is 0. The first-order valence-corrected chi connectivity index (χ1v) is 12.8.